The van der Waals surface area contributed by atoms with Gasteiger partial charge in [0.1, 0.15) is 5.82 Å². The minimum absolute atomic E-state index is 0.195. The lowest BCUT2D eigenvalue weighted by Crippen LogP contribution is -2.39. The molecule has 0 saturated heterocycles. The van der Waals surface area contributed by atoms with Gasteiger partial charge >= 0.3 is 6.18 Å². The molecule has 0 unspecified atom stereocenters. The summed E-state index contributed by atoms with van der Waals surface area (Å²) in [5.74, 6) is 1.60. The Hall–Kier alpha value is -3.17. The number of nitrogens with one attached hydrogen (secondary N) is 3. The number of benzene rings is 1. The van der Waals surface area contributed by atoms with Gasteiger partial charge in [0.05, 0.1) is 26.3 Å². The summed E-state index contributed by atoms with van der Waals surface area (Å²) in [5.41, 5.74) is 0.130. The number of methoxy groups -OCH3 is 2. The number of nitrogens with zero attached hydrogens (tertiary/aromatic N) is 2. The Kier molecular flexibility index (Phi) is 8.57. The van der Waals surface area contributed by atoms with Gasteiger partial charge < -0.3 is 25.4 Å². The predicted octanol–water partition coefficient (Wildman–Crippen LogP) is 3.28. The van der Waals surface area contributed by atoms with Crippen molar-refractivity contribution in [2.75, 3.05) is 39.2 Å². The summed E-state index contributed by atoms with van der Waals surface area (Å²) in [6.45, 7) is 3.55. The SMILES string of the molecule is CCNC(=NCc1ccc(OC)c(OC)c1)NCCNc1ncccc1C(F)(F)F. The number of ether oxygens (including phenoxy) is 2. The van der Waals surface area contributed by atoms with Crippen LogP contribution in [0.5, 0.6) is 11.5 Å². The van der Waals surface area contributed by atoms with Crippen LogP contribution in [-0.2, 0) is 12.7 Å². The van der Waals surface area contributed by atoms with Crippen LogP contribution in [0, 0.1) is 0 Å². The number of hydrogen-bond donors (Lipinski definition) is 3. The van der Waals surface area contributed by atoms with Crippen molar-refractivity contribution in [1.29, 1.82) is 0 Å². The molecule has 0 spiro atoms. The van der Waals surface area contributed by atoms with Crippen molar-refractivity contribution in [2.24, 2.45) is 4.99 Å². The highest BCUT2D eigenvalue weighted by Crippen LogP contribution is 2.33. The summed E-state index contributed by atoms with van der Waals surface area (Å²) >= 11 is 0. The van der Waals surface area contributed by atoms with Crippen molar-refractivity contribution >= 4 is 11.8 Å². The van der Waals surface area contributed by atoms with Gasteiger partial charge in [-0.3, -0.25) is 0 Å². The van der Waals surface area contributed by atoms with Crippen LogP contribution in [0.3, 0.4) is 0 Å². The number of guanidine groups is 1. The van der Waals surface area contributed by atoms with E-state index >= 15 is 0 Å². The number of halogens is 3. The van der Waals surface area contributed by atoms with Crippen molar-refractivity contribution in [1.82, 2.24) is 15.6 Å². The van der Waals surface area contributed by atoms with Crippen molar-refractivity contribution in [3.05, 3.63) is 47.7 Å². The number of pyridine rings is 1. The van der Waals surface area contributed by atoms with Gasteiger partial charge in [0.15, 0.2) is 17.5 Å². The first-order valence-corrected chi connectivity index (χ1v) is 9.38. The molecular formula is C20H26F3N5O2. The minimum atomic E-state index is -4.46. The maximum absolute atomic E-state index is 13.0. The van der Waals surface area contributed by atoms with Gasteiger partial charge in [-0.05, 0) is 36.8 Å². The fraction of sp³-hybridized carbons (Fsp3) is 0.400. The molecule has 7 nitrogen and oxygen atoms in total. The second-order valence-corrected chi connectivity index (χ2v) is 6.14. The zero-order chi connectivity index (χ0) is 22.0. The lowest BCUT2D eigenvalue weighted by Gasteiger charge is -2.15. The van der Waals surface area contributed by atoms with Crippen molar-refractivity contribution < 1.29 is 22.6 Å². The molecule has 0 aliphatic carbocycles. The lowest BCUT2D eigenvalue weighted by molar-refractivity contribution is -0.137. The van der Waals surface area contributed by atoms with E-state index in [1.54, 1.807) is 20.3 Å². The number of aliphatic imine (C=N–C) groups is 1. The summed E-state index contributed by atoms with van der Waals surface area (Å²) in [6, 6.07) is 7.79. The molecule has 2 aromatic rings. The molecule has 0 amide bonds. The molecule has 1 aromatic heterocycles. The second-order valence-electron chi connectivity index (χ2n) is 6.14. The molecule has 0 aliphatic heterocycles. The third-order valence-electron chi connectivity index (χ3n) is 4.03. The number of hydrogen-bond acceptors (Lipinski definition) is 5. The standard InChI is InChI=1S/C20H26F3N5O2/c1-4-24-19(28-13-14-7-8-16(29-2)17(12-14)30-3)27-11-10-26-18-15(20(21,22)23)6-5-9-25-18/h5-9,12H,4,10-11,13H2,1-3H3,(H,25,26)(H2,24,27,28). The molecule has 0 fully saturated rings. The van der Waals surface area contributed by atoms with Gasteiger partial charge in [0.25, 0.3) is 0 Å². The highest BCUT2D eigenvalue weighted by molar-refractivity contribution is 5.79. The molecule has 0 aliphatic rings. The maximum atomic E-state index is 13.0. The summed E-state index contributed by atoms with van der Waals surface area (Å²) in [7, 11) is 3.13. The van der Waals surface area contributed by atoms with Crippen LogP contribution in [0.15, 0.2) is 41.5 Å². The van der Waals surface area contributed by atoms with Crippen LogP contribution >= 0.6 is 0 Å². The fourth-order valence-electron chi connectivity index (χ4n) is 2.63. The van der Waals surface area contributed by atoms with E-state index in [0.29, 0.717) is 37.1 Å². The Bertz CT molecular complexity index is 843. The normalized spacial score (nSPS) is 11.7. The Morgan fingerprint density at radius 1 is 1.07 bits per heavy atom. The Balaban J connectivity index is 1.94. The minimum Gasteiger partial charge on any atom is -0.493 e. The molecule has 0 radical (unpaired) electrons. The molecule has 10 heteroatoms. The average molecular weight is 425 g/mol. The molecule has 2 rings (SSSR count). The Morgan fingerprint density at radius 3 is 2.50 bits per heavy atom. The fourth-order valence-corrected chi connectivity index (χ4v) is 2.63. The first-order chi connectivity index (χ1) is 14.4. The Labute approximate surface area is 173 Å². The summed E-state index contributed by atoms with van der Waals surface area (Å²) in [5, 5.41) is 8.89. The van der Waals surface area contributed by atoms with E-state index in [-0.39, 0.29) is 12.4 Å². The van der Waals surface area contributed by atoms with E-state index < -0.39 is 11.7 Å². The van der Waals surface area contributed by atoms with E-state index in [1.807, 2.05) is 19.1 Å². The third kappa shape index (κ3) is 6.71. The maximum Gasteiger partial charge on any atom is 0.419 e. The van der Waals surface area contributed by atoms with E-state index in [9.17, 15) is 13.2 Å². The molecule has 1 aromatic carbocycles. The van der Waals surface area contributed by atoms with E-state index in [0.717, 1.165) is 11.6 Å². The van der Waals surface area contributed by atoms with Crippen LogP contribution < -0.4 is 25.4 Å². The topological polar surface area (TPSA) is 79.8 Å². The van der Waals surface area contributed by atoms with E-state index in [2.05, 4.69) is 25.9 Å². The van der Waals surface area contributed by atoms with Crippen molar-refractivity contribution in [3.63, 3.8) is 0 Å². The van der Waals surface area contributed by atoms with Gasteiger partial charge in [-0.15, -0.1) is 0 Å². The highest BCUT2D eigenvalue weighted by atomic mass is 19.4. The molecule has 0 saturated carbocycles. The van der Waals surface area contributed by atoms with Crippen LogP contribution in [0.25, 0.3) is 0 Å². The zero-order valence-corrected chi connectivity index (χ0v) is 17.1. The number of alkyl halides is 3. The number of anilines is 1. The lowest BCUT2D eigenvalue weighted by atomic mass is 10.2. The zero-order valence-electron chi connectivity index (χ0n) is 17.1. The molecule has 30 heavy (non-hydrogen) atoms. The molecule has 3 N–H and O–H groups in total. The quantitative estimate of drug-likeness (QED) is 0.325. The third-order valence-corrected chi connectivity index (χ3v) is 4.03. The van der Waals surface area contributed by atoms with Gasteiger partial charge in [0, 0.05) is 25.8 Å². The largest absolute Gasteiger partial charge is 0.493 e. The van der Waals surface area contributed by atoms with Crippen LogP contribution in [0.1, 0.15) is 18.1 Å². The predicted molar refractivity (Wildman–Crippen MR) is 110 cm³/mol. The first kappa shape index (κ1) is 23.1. The summed E-state index contributed by atoms with van der Waals surface area (Å²) in [4.78, 5) is 8.27. The Morgan fingerprint density at radius 2 is 1.83 bits per heavy atom. The molecular weight excluding hydrogens is 399 g/mol. The van der Waals surface area contributed by atoms with Gasteiger partial charge in [-0.25, -0.2) is 9.98 Å². The van der Waals surface area contributed by atoms with Crippen molar-refractivity contribution in [3.8, 4) is 11.5 Å². The van der Waals surface area contributed by atoms with Gasteiger partial charge in [-0.2, -0.15) is 13.2 Å². The van der Waals surface area contributed by atoms with Gasteiger partial charge in [-0.1, -0.05) is 6.07 Å². The summed E-state index contributed by atoms with van der Waals surface area (Å²) in [6.07, 6.45) is -3.14. The molecule has 0 atom stereocenters. The monoisotopic (exact) mass is 425 g/mol. The van der Waals surface area contributed by atoms with E-state index in [4.69, 9.17) is 9.47 Å². The smallest absolute Gasteiger partial charge is 0.419 e. The van der Waals surface area contributed by atoms with Crippen LogP contribution in [0.4, 0.5) is 19.0 Å². The molecule has 0 bridgehead atoms. The number of aromatic nitrogens is 1. The van der Waals surface area contributed by atoms with Crippen molar-refractivity contribution in [2.45, 2.75) is 19.6 Å². The second kappa shape index (κ2) is 11.1. The van der Waals surface area contributed by atoms with Crippen LogP contribution in [0.2, 0.25) is 0 Å². The molecule has 164 valence electrons. The summed E-state index contributed by atoms with van der Waals surface area (Å²) < 4.78 is 49.5. The first-order valence-electron chi connectivity index (χ1n) is 9.38. The molecule has 1 heterocycles. The van der Waals surface area contributed by atoms with Gasteiger partial charge in [0.2, 0.25) is 0 Å². The van der Waals surface area contributed by atoms with E-state index in [1.165, 1.54) is 12.3 Å². The highest BCUT2D eigenvalue weighted by Gasteiger charge is 2.33. The van der Waals surface area contributed by atoms with Crippen LogP contribution in [-0.4, -0.2) is 44.8 Å². The average Bonchev–Trinajstić information content (AvgIpc) is 2.74. The number of rotatable bonds is 9.